The average Bonchev–Trinajstić information content (AvgIpc) is 2.34. The van der Waals surface area contributed by atoms with Gasteiger partial charge in [0.05, 0.1) is 0 Å². The van der Waals surface area contributed by atoms with E-state index in [1.54, 1.807) is 0 Å². The Kier molecular flexibility index (Phi) is 4.51. The van der Waals surface area contributed by atoms with Gasteiger partial charge in [-0.1, -0.05) is 12.1 Å². The van der Waals surface area contributed by atoms with Crippen LogP contribution in [0.25, 0.3) is 0 Å². The van der Waals surface area contributed by atoms with E-state index in [1.165, 1.54) is 0 Å². The standard InChI is InChI=1S/C11H6F7O3/c12-7-3-1-6(2-4-7)5-21-8(19)9(20,10(13,14)15)11(16,17)18/h1-4H,5H2/q-1. The van der Waals surface area contributed by atoms with Crippen molar-refractivity contribution in [2.24, 2.45) is 0 Å². The van der Waals surface area contributed by atoms with E-state index in [0.29, 0.717) is 0 Å². The summed E-state index contributed by atoms with van der Waals surface area (Å²) >= 11 is 0. The molecule has 1 aromatic rings. The molecule has 0 aromatic heterocycles. The van der Waals surface area contributed by atoms with Crippen LogP contribution in [0.2, 0.25) is 0 Å². The first-order valence-corrected chi connectivity index (χ1v) is 5.15. The first-order valence-electron chi connectivity index (χ1n) is 5.15. The van der Waals surface area contributed by atoms with Crippen LogP contribution in [-0.2, 0) is 16.1 Å². The molecular formula is C11H6F7O3-. The van der Waals surface area contributed by atoms with Crippen molar-refractivity contribution < 1.29 is 45.4 Å². The van der Waals surface area contributed by atoms with Gasteiger partial charge in [0.15, 0.2) is 5.60 Å². The normalized spacial score (nSPS) is 13.1. The van der Waals surface area contributed by atoms with Gasteiger partial charge in [-0.2, -0.15) is 26.3 Å². The lowest BCUT2D eigenvalue weighted by Crippen LogP contribution is -2.71. The highest BCUT2D eigenvalue weighted by Gasteiger charge is 2.68. The molecule has 0 radical (unpaired) electrons. The van der Waals surface area contributed by atoms with Crippen LogP contribution < -0.4 is 5.11 Å². The van der Waals surface area contributed by atoms with Gasteiger partial charge in [-0.15, -0.1) is 0 Å². The van der Waals surface area contributed by atoms with E-state index in [-0.39, 0.29) is 5.56 Å². The molecule has 0 aliphatic carbocycles. The van der Waals surface area contributed by atoms with Gasteiger partial charge in [-0.25, -0.2) is 4.39 Å². The fraction of sp³-hybridized carbons (Fsp3) is 0.364. The molecule has 1 aromatic carbocycles. The van der Waals surface area contributed by atoms with Crippen molar-refractivity contribution in [3.05, 3.63) is 35.6 Å². The largest absolute Gasteiger partial charge is 0.828 e. The molecule has 10 heteroatoms. The number of carbonyl (C=O) groups is 1. The number of rotatable bonds is 3. The zero-order valence-corrected chi connectivity index (χ0v) is 9.89. The molecular weight excluding hydrogens is 313 g/mol. The van der Waals surface area contributed by atoms with E-state index in [0.717, 1.165) is 24.3 Å². The Hall–Kier alpha value is -1.84. The van der Waals surface area contributed by atoms with E-state index < -0.39 is 36.3 Å². The molecule has 0 saturated carbocycles. The second-order valence-corrected chi connectivity index (χ2v) is 3.88. The van der Waals surface area contributed by atoms with E-state index in [4.69, 9.17) is 0 Å². The molecule has 0 aliphatic rings. The summed E-state index contributed by atoms with van der Waals surface area (Å²) in [5, 5.41) is 10.9. The summed E-state index contributed by atoms with van der Waals surface area (Å²) < 4.78 is 89.8. The number of benzene rings is 1. The van der Waals surface area contributed by atoms with Crippen LogP contribution >= 0.6 is 0 Å². The molecule has 0 bridgehead atoms. The van der Waals surface area contributed by atoms with E-state index >= 15 is 0 Å². The van der Waals surface area contributed by atoms with Crippen molar-refractivity contribution in [2.45, 2.75) is 24.6 Å². The molecule has 3 nitrogen and oxygen atoms in total. The topological polar surface area (TPSA) is 49.4 Å². The molecule has 0 atom stereocenters. The van der Waals surface area contributed by atoms with Gasteiger partial charge in [0.2, 0.25) is 0 Å². The van der Waals surface area contributed by atoms with Crippen LogP contribution in [0.5, 0.6) is 0 Å². The number of halogens is 7. The average molecular weight is 319 g/mol. The lowest BCUT2D eigenvalue weighted by molar-refractivity contribution is -0.574. The first kappa shape index (κ1) is 17.2. The van der Waals surface area contributed by atoms with Crippen molar-refractivity contribution in [1.82, 2.24) is 0 Å². The van der Waals surface area contributed by atoms with Crippen molar-refractivity contribution in [1.29, 1.82) is 0 Å². The third-order valence-corrected chi connectivity index (χ3v) is 2.37. The lowest BCUT2D eigenvalue weighted by Gasteiger charge is -2.40. The van der Waals surface area contributed by atoms with Gasteiger partial charge in [0.1, 0.15) is 12.4 Å². The molecule has 0 N–H and O–H groups in total. The molecule has 1 rings (SSSR count). The van der Waals surface area contributed by atoms with Gasteiger partial charge in [0.25, 0.3) is 0 Å². The zero-order valence-electron chi connectivity index (χ0n) is 9.89. The van der Waals surface area contributed by atoms with E-state index in [1.807, 2.05) is 0 Å². The predicted molar refractivity (Wildman–Crippen MR) is 51.0 cm³/mol. The summed E-state index contributed by atoms with van der Waals surface area (Å²) in [5.74, 6) is -3.74. The third kappa shape index (κ3) is 3.43. The Bertz CT molecular complexity index is 490. The van der Waals surface area contributed by atoms with Crippen LogP contribution in [0.3, 0.4) is 0 Å². The van der Waals surface area contributed by atoms with Crippen LogP contribution in [0.1, 0.15) is 5.56 Å². The van der Waals surface area contributed by atoms with Crippen LogP contribution in [0, 0.1) is 5.82 Å². The van der Waals surface area contributed by atoms with Crippen molar-refractivity contribution in [3.8, 4) is 0 Å². The lowest BCUT2D eigenvalue weighted by atomic mass is 10.0. The van der Waals surface area contributed by atoms with Gasteiger partial charge in [-0.3, -0.25) is 4.79 Å². The third-order valence-electron chi connectivity index (χ3n) is 2.37. The molecule has 0 fully saturated rings. The molecule has 118 valence electrons. The fourth-order valence-corrected chi connectivity index (χ4v) is 1.22. The van der Waals surface area contributed by atoms with Gasteiger partial charge < -0.3 is 9.84 Å². The Morgan fingerprint density at radius 2 is 1.43 bits per heavy atom. The quantitative estimate of drug-likeness (QED) is 0.633. The number of carbonyl (C=O) groups excluding carboxylic acids is 1. The number of ether oxygens (including phenoxy) is 1. The number of esters is 1. The Balaban J connectivity index is 2.91. The van der Waals surface area contributed by atoms with Crippen LogP contribution in [0.15, 0.2) is 24.3 Å². The molecule has 0 heterocycles. The summed E-state index contributed by atoms with van der Waals surface area (Å²) in [7, 11) is 0. The van der Waals surface area contributed by atoms with E-state index in [2.05, 4.69) is 4.74 Å². The maximum Gasteiger partial charge on any atom is 0.399 e. The summed E-state index contributed by atoms with van der Waals surface area (Å²) in [5.41, 5.74) is -5.96. The molecule has 0 unspecified atom stereocenters. The maximum absolute atomic E-state index is 12.5. The number of hydrogen-bond acceptors (Lipinski definition) is 3. The molecule has 21 heavy (non-hydrogen) atoms. The van der Waals surface area contributed by atoms with Crippen molar-refractivity contribution in [2.75, 3.05) is 0 Å². The van der Waals surface area contributed by atoms with Crippen molar-refractivity contribution in [3.63, 3.8) is 0 Å². The summed E-state index contributed by atoms with van der Waals surface area (Å²) in [4.78, 5) is 10.9. The highest BCUT2D eigenvalue weighted by Crippen LogP contribution is 2.41. The fourth-order valence-electron chi connectivity index (χ4n) is 1.22. The molecule has 0 amide bonds. The van der Waals surface area contributed by atoms with Gasteiger partial charge in [-0.05, 0) is 17.7 Å². The smallest absolute Gasteiger partial charge is 0.399 e. The summed E-state index contributed by atoms with van der Waals surface area (Å²) in [6, 6.07) is 3.63. The second-order valence-electron chi connectivity index (χ2n) is 3.88. The SMILES string of the molecule is O=C(OCc1ccc(F)cc1)C([O-])(C(F)(F)F)C(F)(F)F. The predicted octanol–water partition coefficient (Wildman–Crippen LogP) is 2.09. The Morgan fingerprint density at radius 3 is 1.81 bits per heavy atom. The minimum absolute atomic E-state index is 0.0866. The minimum atomic E-state index is -6.41. The maximum atomic E-state index is 12.5. The Labute approximate surface area is 112 Å². The monoisotopic (exact) mass is 319 g/mol. The van der Waals surface area contributed by atoms with Crippen LogP contribution in [-0.4, -0.2) is 23.9 Å². The van der Waals surface area contributed by atoms with Crippen LogP contribution in [0.4, 0.5) is 30.7 Å². The first-order chi connectivity index (χ1) is 9.39. The van der Waals surface area contributed by atoms with Gasteiger partial charge in [0, 0.05) is 0 Å². The highest BCUT2D eigenvalue weighted by atomic mass is 19.4. The molecule has 0 saturated heterocycles. The van der Waals surface area contributed by atoms with Crippen molar-refractivity contribution >= 4 is 5.97 Å². The minimum Gasteiger partial charge on any atom is -0.828 e. The molecule has 0 aliphatic heterocycles. The summed E-state index contributed by atoms with van der Waals surface area (Å²) in [6.07, 6.45) is -12.8. The second kappa shape index (κ2) is 5.51. The molecule has 0 spiro atoms. The zero-order chi connectivity index (χ0) is 16.5. The Morgan fingerprint density at radius 1 is 1.00 bits per heavy atom. The highest BCUT2D eigenvalue weighted by molar-refractivity contribution is 5.81. The van der Waals surface area contributed by atoms with Gasteiger partial charge >= 0.3 is 18.3 Å². The summed E-state index contributed by atoms with van der Waals surface area (Å²) in [6.45, 7) is -1.03. The number of hydrogen-bond donors (Lipinski definition) is 0. The number of alkyl halides is 6. The van der Waals surface area contributed by atoms with E-state index in [9.17, 15) is 40.6 Å².